The number of nitrogens with two attached hydrogens (primary N) is 1. The Morgan fingerprint density at radius 3 is 2.24 bits per heavy atom. The molecule has 29 heavy (non-hydrogen) atoms. The zero-order chi connectivity index (χ0) is 20.9. The molecule has 0 aliphatic heterocycles. The third-order valence-electron chi connectivity index (χ3n) is 4.80. The van der Waals surface area contributed by atoms with Crippen molar-refractivity contribution in [2.24, 2.45) is 5.14 Å². The second kappa shape index (κ2) is 6.78. The number of hydrogen-bond acceptors (Lipinski definition) is 4. The van der Waals surface area contributed by atoms with E-state index >= 15 is 0 Å². The number of benzene rings is 3. The number of primary sulfonamides is 1. The predicted molar refractivity (Wildman–Crippen MR) is 109 cm³/mol. The number of alkyl halides is 2. The number of aromatic nitrogens is 2. The summed E-state index contributed by atoms with van der Waals surface area (Å²) in [5.74, 6) is 0. The number of sulfonamides is 1. The van der Waals surface area contributed by atoms with Gasteiger partial charge in [0.2, 0.25) is 10.0 Å². The number of nitrogens with zero attached hydrogens (tertiary/aromatic N) is 3. The Morgan fingerprint density at radius 2 is 1.66 bits per heavy atom. The normalized spacial score (nSPS) is 12.2. The topological polar surface area (TPSA) is 81.2 Å². The number of fused-ring (bicyclic) bond motifs is 3. The van der Waals surface area contributed by atoms with Crippen LogP contribution in [0.3, 0.4) is 0 Å². The van der Waals surface area contributed by atoms with Gasteiger partial charge in [-0.1, -0.05) is 18.2 Å². The van der Waals surface area contributed by atoms with Gasteiger partial charge in [-0.2, -0.15) is 5.10 Å². The molecule has 0 fully saturated rings. The molecule has 0 aliphatic carbocycles. The molecule has 0 radical (unpaired) electrons. The lowest BCUT2D eigenvalue weighted by Crippen LogP contribution is -2.12. The summed E-state index contributed by atoms with van der Waals surface area (Å²) >= 11 is 0. The van der Waals surface area contributed by atoms with E-state index in [9.17, 15) is 17.2 Å². The summed E-state index contributed by atoms with van der Waals surface area (Å²) in [6.07, 6.45) is -2.75. The Morgan fingerprint density at radius 1 is 1.00 bits per heavy atom. The molecule has 0 bridgehead atoms. The minimum Gasteiger partial charge on any atom is -0.378 e. The number of anilines is 1. The summed E-state index contributed by atoms with van der Waals surface area (Å²) < 4.78 is 51.7. The second-order valence-corrected chi connectivity index (χ2v) is 8.46. The standard InChI is InChI=1S/C20H18F2N4O2S/c1-25(2)14-6-10-16-12(11-14)3-9-17-18(20(21)22)24-26(19(16)17)13-4-7-15(8-5-13)29(23,27)28/h3-11,20H,1-2H3,(H2,23,27,28). The van der Waals surface area contributed by atoms with E-state index < -0.39 is 16.4 Å². The molecule has 4 aromatic rings. The third-order valence-corrected chi connectivity index (χ3v) is 5.73. The zero-order valence-electron chi connectivity index (χ0n) is 15.7. The second-order valence-electron chi connectivity index (χ2n) is 6.90. The Labute approximate surface area is 166 Å². The molecule has 4 rings (SSSR count). The maximum atomic E-state index is 13.6. The van der Waals surface area contributed by atoms with Gasteiger partial charge in [0.05, 0.1) is 16.1 Å². The van der Waals surface area contributed by atoms with Crippen molar-refractivity contribution < 1.29 is 17.2 Å². The van der Waals surface area contributed by atoms with Crippen LogP contribution in [0.15, 0.2) is 59.5 Å². The van der Waals surface area contributed by atoms with E-state index in [1.165, 1.54) is 28.9 Å². The summed E-state index contributed by atoms with van der Waals surface area (Å²) in [5, 5.41) is 11.3. The van der Waals surface area contributed by atoms with Crippen LogP contribution in [-0.4, -0.2) is 32.3 Å². The largest absolute Gasteiger partial charge is 0.378 e. The van der Waals surface area contributed by atoms with Gasteiger partial charge in [-0.05, 0) is 41.8 Å². The summed E-state index contributed by atoms with van der Waals surface area (Å²) in [6, 6.07) is 14.8. The number of hydrogen-bond donors (Lipinski definition) is 1. The number of rotatable bonds is 4. The van der Waals surface area contributed by atoms with E-state index in [1.54, 1.807) is 12.1 Å². The summed E-state index contributed by atoms with van der Waals surface area (Å²) in [7, 11) is -0.00939. The lowest BCUT2D eigenvalue weighted by molar-refractivity contribution is 0.147. The summed E-state index contributed by atoms with van der Waals surface area (Å²) in [5.41, 5.74) is 1.65. The summed E-state index contributed by atoms with van der Waals surface area (Å²) in [6.45, 7) is 0. The SMILES string of the molecule is CN(C)c1ccc2c(ccc3c(C(F)F)nn(-c4ccc(S(N)(=O)=O)cc4)c32)c1. The molecule has 3 aromatic carbocycles. The lowest BCUT2D eigenvalue weighted by atomic mass is 10.0. The molecule has 150 valence electrons. The average molecular weight is 416 g/mol. The van der Waals surface area contributed by atoms with Crippen LogP contribution < -0.4 is 10.0 Å². The molecule has 0 spiro atoms. The van der Waals surface area contributed by atoms with Crippen LogP contribution in [0.5, 0.6) is 0 Å². The van der Waals surface area contributed by atoms with Crippen molar-refractivity contribution in [3.05, 3.63) is 60.3 Å². The third kappa shape index (κ3) is 3.32. The lowest BCUT2D eigenvalue weighted by Gasteiger charge is -2.14. The Bertz CT molecular complexity index is 1330. The molecule has 0 saturated carbocycles. The van der Waals surface area contributed by atoms with Crippen LogP contribution in [0.25, 0.3) is 27.4 Å². The quantitative estimate of drug-likeness (QED) is 0.548. The smallest absolute Gasteiger partial charge is 0.282 e. The molecule has 0 amide bonds. The molecule has 1 heterocycles. The maximum Gasteiger partial charge on any atom is 0.282 e. The van der Waals surface area contributed by atoms with Gasteiger partial charge in [-0.15, -0.1) is 0 Å². The van der Waals surface area contributed by atoms with Crippen molar-refractivity contribution in [2.75, 3.05) is 19.0 Å². The van der Waals surface area contributed by atoms with Gasteiger partial charge in [0, 0.05) is 30.6 Å². The molecular formula is C20H18F2N4O2S. The highest BCUT2D eigenvalue weighted by molar-refractivity contribution is 7.89. The van der Waals surface area contributed by atoms with Gasteiger partial charge in [-0.25, -0.2) is 27.0 Å². The van der Waals surface area contributed by atoms with Gasteiger partial charge in [0.1, 0.15) is 5.69 Å². The zero-order valence-corrected chi connectivity index (χ0v) is 16.5. The van der Waals surface area contributed by atoms with Crippen LogP contribution in [0.2, 0.25) is 0 Å². The van der Waals surface area contributed by atoms with E-state index in [1.807, 2.05) is 37.2 Å². The van der Waals surface area contributed by atoms with E-state index in [0.717, 1.165) is 16.5 Å². The Hall–Kier alpha value is -3.04. The average Bonchev–Trinajstić information content (AvgIpc) is 3.07. The monoisotopic (exact) mass is 416 g/mol. The first-order chi connectivity index (χ1) is 13.7. The van der Waals surface area contributed by atoms with Crippen LogP contribution in [0.4, 0.5) is 14.5 Å². The van der Waals surface area contributed by atoms with E-state index in [2.05, 4.69) is 5.10 Å². The minimum atomic E-state index is -3.85. The maximum absolute atomic E-state index is 13.6. The molecule has 1 aromatic heterocycles. The van der Waals surface area contributed by atoms with Crippen molar-refractivity contribution in [1.29, 1.82) is 0 Å². The van der Waals surface area contributed by atoms with Crippen LogP contribution in [0.1, 0.15) is 12.1 Å². The summed E-state index contributed by atoms with van der Waals surface area (Å²) in [4.78, 5) is 1.89. The highest BCUT2D eigenvalue weighted by Gasteiger charge is 2.21. The first kappa shape index (κ1) is 19.3. The fourth-order valence-electron chi connectivity index (χ4n) is 3.35. The first-order valence-corrected chi connectivity index (χ1v) is 10.3. The molecule has 0 saturated heterocycles. The van der Waals surface area contributed by atoms with Crippen molar-refractivity contribution in [2.45, 2.75) is 11.3 Å². The van der Waals surface area contributed by atoms with Crippen molar-refractivity contribution in [3.8, 4) is 5.69 Å². The van der Waals surface area contributed by atoms with E-state index in [0.29, 0.717) is 16.6 Å². The van der Waals surface area contributed by atoms with Gasteiger partial charge in [-0.3, -0.25) is 0 Å². The molecular weight excluding hydrogens is 398 g/mol. The van der Waals surface area contributed by atoms with Gasteiger partial charge < -0.3 is 4.90 Å². The van der Waals surface area contributed by atoms with Crippen molar-refractivity contribution in [1.82, 2.24) is 9.78 Å². The molecule has 0 aliphatic rings. The highest BCUT2D eigenvalue weighted by Crippen LogP contribution is 2.35. The Kier molecular flexibility index (Phi) is 4.51. The predicted octanol–water partition coefficient (Wildman–Crippen LogP) is 3.83. The Balaban J connectivity index is 2.02. The van der Waals surface area contributed by atoms with Gasteiger partial charge in [0.15, 0.2) is 0 Å². The molecule has 9 heteroatoms. The molecule has 6 nitrogen and oxygen atoms in total. The van der Waals surface area contributed by atoms with Crippen LogP contribution in [0, 0.1) is 0 Å². The minimum absolute atomic E-state index is 0.0627. The highest BCUT2D eigenvalue weighted by atomic mass is 32.2. The molecule has 2 N–H and O–H groups in total. The first-order valence-electron chi connectivity index (χ1n) is 8.71. The van der Waals surface area contributed by atoms with E-state index in [-0.39, 0.29) is 10.6 Å². The van der Waals surface area contributed by atoms with E-state index in [4.69, 9.17) is 5.14 Å². The van der Waals surface area contributed by atoms with Crippen molar-refractivity contribution >= 4 is 37.4 Å². The number of halogens is 2. The fraction of sp³-hybridized carbons (Fsp3) is 0.150. The van der Waals surface area contributed by atoms with Crippen molar-refractivity contribution in [3.63, 3.8) is 0 Å². The van der Waals surface area contributed by atoms with Crippen LogP contribution in [-0.2, 0) is 10.0 Å². The fourth-order valence-corrected chi connectivity index (χ4v) is 3.87. The van der Waals surface area contributed by atoms with Gasteiger partial charge in [0.25, 0.3) is 6.43 Å². The van der Waals surface area contributed by atoms with Crippen LogP contribution >= 0.6 is 0 Å². The van der Waals surface area contributed by atoms with Gasteiger partial charge >= 0.3 is 0 Å². The molecule has 0 atom stereocenters. The molecule has 0 unspecified atom stereocenters.